The van der Waals surface area contributed by atoms with E-state index in [2.05, 4.69) is 20.6 Å². The Morgan fingerprint density at radius 3 is 2.61 bits per heavy atom. The highest BCUT2D eigenvalue weighted by molar-refractivity contribution is 6.31. The van der Waals surface area contributed by atoms with E-state index in [1.807, 2.05) is 6.92 Å². The maximum absolute atomic E-state index is 15.1. The van der Waals surface area contributed by atoms with Crippen LogP contribution in [0.2, 0.25) is 5.02 Å². The Hall–Kier alpha value is -4.71. The minimum Gasteiger partial charge on any atom is -0.618 e. The molecule has 5 aromatic rings. The number of primary amides is 1. The molecular weight excluding hydrogens is 518 g/mol. The van der Waals surface area contributed by atoms with Crippen LogP contribution in [0, 0.1) is 16.8 Å². The summed E-state index contributed by atoms with van der Waals surface area (Å²) in [4.78, 5) is 11.3. The van der Waals surface area contributed by atoms with Crippen molar-refractivity contribution in [3.05, 3.63) is 101 Å². The molecule has 3 aromatic heterocycles. The van der Waals surface area contributed by atoms with Crippen molar-refractivity contribution in [3.63, 3.8) is 0 Å². The number of amides is 1. The molecule has 5 rings (SSSR count). The summed E-state index contributed by atoms with van der Waals surface area (Å²) < 4.78 is 32.9. The third kappa shape index (κ3) is 4.45. The van der Waals surface area contributed by atoms with Gasteiger partial charge in [-0.05, 0) is 52.7 Å². The number of halogens is 3. The van der Waals surface area contributed by atoms with Gasteiger partial charge in [0.1, 0.15) is 18.2 Å². The minimum absolute atomic E-state index is 0.0665. The number of nitrogens with zero attached hydrogens (tertiary/aromatic N) is 7. The first-order valence-corrected chi connectivity index (χ1v) is 11.7. The highest BCUT2D eigenvalue weighted by Gasteiger charge is 2.25. The van der Waals surface area contributed by atoms with Crippen LogP contribution in [-0.4, -0.2) is 35.9 Å². The lowest BCUT2D eigenvalue weighted by atomic mass is 10.0. The molecule has 38 heavy (non-hydrogen) atoms. The van der Waals surface area contributed by atoms with E-state index in [0.717, 1.165) is 0 Å². The molecule has 13 heteroatoms. The SMILES string of the molecule is CC[C@H](c1ccc(-c2c(-n3cnnn3)ccc(Cl)c2F)c[n+]1[O-])n1cc(-c2ccc(C(N)=O)c(F)c2)cn1. The van der Waals surface area contributed by atoms with Crippen LogP contribution in [0.25, 0.3) is 27.9 Å². The van der Waals surface area contributed by atoms with E-state index < -0.39 is 23.6 Å². The first-order valence-electron chi connectivity index (χ1n) is 11.4. The molecule has 0 aliphatic rings. The zero-order valence-electron chi connectivity index (χ0n) is 19.8. The largest absolute Gasteiger partial charge is 0.618 e. The Labute approximate surface area is 219 Å². The van der Waals surface area contributed by atoms with Crippen molar-refractivity contribution in [1.82, 2.24) is 30.0 Å². The molecule has 0 spiro atoms. The van der Waals surface area contributed by atoms with E-state index >= 15 is 4.39 Å². The summed E-state index contributed by atoms with van der Waals surface area (Å²) in [6, 6.07) is 9.73. The van der Waals surface area contributed by atoms with Crippen molar-refractivity contribution < 1.29 is 18.3 Å². The molecule has 192 valence electrons. The lowest BCUT2D eigenvalue weighted by Gasteiger charge is -2.17. The first-order chi connectivity index (χ1) is 18.3. The minimum atomic E-state index is -0.859. The van der Waals surface area contributed by atoms with Gasteiger partial charge in [-0.25, -0.2) is 8.78 Å². The molecule has 0 aliphatic carbocycles. The van der Waals surface area contributed by atoms with Gasteiger partial charge in [-0.15, -0.1) is 5.10 Å². The summed E-state index contributed by atoms with van der Waals surface area (Å²) in [5.74, 6) is -2.31. The monoisotopic (exact) mass is 536 g/mol. The summed E-state index contributed by atoms with van der Waals surface area (Å²) in [6.07, 6.45) is 6.27. The summed E-state index contributed by atoms with van der Waals surface area (Å²) >= 11 is 6.03. The fraction of sp³-hybridized carbons (Fsp3) is 0.120. The molecule has 0 saturated carbocycles. The van der Waals surface area contributed by atoms with Crippen LogP contribution in [0.3, 0.4) is 0 Å². The molecule has 0 saturated heterocycles. The maximum atomic E-state index is 15.1. The van der Waals surface area contributed by atoms with E-state index in [-0.39, 0.29) is 21.7 Å². The van der Waals surface area contributed by atoms with Gasteiger partial charge in [-0.3, -0.25) is 9.48 Å². The van der Waals surface area contributed by atoms with Crippen molar-refractivity contribution in [2.75, 3.05) is 0 Å². The number of hydrogen-bond donors (Lipinski definition) is 1. The highest BCUT2D eigenvalue weighted by atomic mass is 35.5. The Bertz CT molecular complexity index is 1660. The van der Waals surface area contributed by atoms with Gasteiger partial charge in [0, 0.05) is 17.8 Å². The van der Waals surface area contributed by atoms with Crippen LogP contribution in [0.5, 0.6) is 0 Å². The molecule has 2 N–H and O–H groups in total. The van der Waals surface area contributed by atoms with Gasteiger partial charge in [-0.1, -0.05) is 24.6 Å². The smallest absolute Gasteiger partial charge is 0.251 e. The number of benzene rings is 2. The van der Waals surface area contributed by atoms with Gasteiger partial charge < -0.3 is 10.9 Å². The second-order valence-corrected chi connectivity index (χ2v) is 8.78. The summed E-state index contributed by atoms with van der Waals surface area (Å²) in [6.45, 7) is 1.88. The number of carbonyl (C=O) groups is 1. The average Bonchev–Trinajstić information content (AvgIpc) is 3.60. The van der Waals surface area contributed by atoms with Crippen LogP contribution in [0.15, 0.2) is 67.4 Å². The Balaban J connectivity index is 1.50. The summed E-state index contributed by atoms with van der Waals surface area (Å²) in [5, 5.41) is 28.4. The number of hydrogen-bond acceptors (Lipinski definition) is 6. The third-order valence-corrected chi connectivity index (χ3v) is 6.41. The zero-order chi connectivity index (χ0) is 27.0. The molecule has 1 amide bonds. The fourth-order valence-corrected chi connectivity index (χ4v) is 4.42. The van der Waals surface area contributed by atoms with E-state index in [4.69, 9.17) is 17.3 Å². The van der Waals surface area contributed by atoms with Crippen molar-refractivity contribution in [2.45, 2.75) is 19.4 Å². The van der Waals surface area contributed by atoms with Crippen LogP contribution < -0.4 is 10.5 Å². The van der Waals surface area contributed by atoms with E-state index in [1.165, 1.54) is 41.6 Å². The Morgan fingerprint density at radius 1 is 1.16 bits per heavy atom. The number of pyridine rings is 1. The second-order valence-electron chi connectivity index (χ2n) is 8.37. The third-order valence-electron chi connectivity index (χ3n) is 6.12. The van der Waals surface area contributed by atoms with E-state index in [0.29, 0.717) is 33.7 Å². The Kier molecular flexibility index (Phi) is 6.55. The Morgan fingerprint density at radius 2 is 1.95 bits per heavy atom. The lowest BCUT2D eigenvalue weighted by molar-refractivity contribution is -0.615. The average molecular weight is 537 g/mol. The van der Waals surface area contributed by atoms with Crippen LogP contribution in [0.1, 0.15) is 35.4 Å². The topological polar surface area (TPSA) is 131 Å². The number of aromatic nitrogens is 7. The second kappa shape index (κ2) is 9.98. The van der Waals surface area contributed by atoms with Crippen molar-refractivity contribution >= 4 is 17.5 Å². The standard InChI is InChI=1S/C25H19ClF2N8O2/c1-2-20(34-11-16(10-31-34)14-3-5-17(25(29)37)19(27)9-14)21-7-4-15(12-36(21)38)23-22(35-13-30-32-33-35)8-6-18(26)24(23)28/h3-13,20H,2H2,1H3,(H2,29,37)/t20-/m1/s1. The molecule has 0 unspecified atom stereocenters. The van der Waals surface area contributed by atoms with Gasteiger partial charge in [0.05, 0.1) is 33.6 Å². The predicted octanol–water partition coefficient (Wildman–Crippen LogP) is 3.86. The van der Waals surface area contributed by atoms with Crippen molar-refractivity contribution in [1.29, 1.82) is 0 Å². The van der Waals surface area contributed by atoms with Crippen molar-refractivity contribution in [2.24, 2.45) is 5.73 Å². The van der Waals surface area contributed by atoms with Gasteiger partial charge in [0.25, 0.3) is 5.91 Å². The first kappa shape index (κ1) is 25.0. The molecule has 0 fully saturated rings. The van der Waals surface area contributed by atoms with Gasteiger partial charge in [-0.2, -0.15) is 14.5 Å². The fourth-order valence-electron chi connectivity index (χ4n) is 4.26. The number of rotatable bonds is 7. The molecular formula is C25H19ClF2N8O2. The molecule has 1 atom stereocenters. The quantitative estimate of drug-likeness (QED) is 0.248. The molecule has 10 nitrogen and oxygen atoms in total. The number of tetrazole rings is 1. The predicted molar refractivity (Wildman–Crippen MR) is 133 cm³/mol. The number of nitrogens with two attached hydrogens (primary N) is 1. The van der Waals surface area contributed by atoms with Gasteiger partial charge >= 0.3 is 0 Å². The van der Waals surface area contributed by atoms with Gasteiger partial charge in [0.2, 0.25) is 5.69 Å². The van der Waals surface area contributed by atoms with Crippen LogP contribution >= 0.6 is 11.6 Å². The molecule has 2 aromatic carbocycles. The molecule has 0 aliphatic heterocycles. The summed E-state index contributed by atoms with van der Waals surface area (Å²) in [5.41, 5.74) is 7.04. The van der Waals surface area contributed by atoms with Crippen LogP contribution in [-0.2, 0) is 0 Å². The molecule has 0 radical (unpaired) electrons. The normalized spacial score (nSPS) is 12.0. The highest BCUT2D eigenvalue weighted by Crippen LogP contribution is 2.33. The van der Waals surface area contributed by atoms with Gasteiger partial charge in [0.15, 0.2) is 12.0 Å². The lowest BCUT2D eigenvalue weighted by Crippen LogP contribution is -2.35. The molecule has 3 heterocycles. The zero-order valence-corrected chi connectivity index (χ0v) is 20.5. The van der Waals surface area contributed by atoms with Crippen molar-refractivity contribution in [3.8, 4) is 27.9 Å². The molecule has 0 bridgehead atoms. The number of carbonyl (C=O) groups excluding carboxylic acids is 1. The summed E-state index contributed by atoms with van der Waals surface area (Å²) in [7, 11) is 0. The van der Waals surface area contributed by atoms with E-state index in [1.54, 1.807) is 35.1 Å². The maximum Gasteiger partial charge on any atom is 0.251 e. The van der Waals surface area contributed by atoms with E-state index in [9.17, 15) is 14.4 Å². The van der Waals surface area contributed by atoms with Crippen LogP contribution in [0.4, 0.5) is 8.78 Å².